The number of H-pyrrole nitrogens is 1. The molecular weight excluding hydrogens is 324 g/mol. The Morgan fingerprint density at radius 3 is 2.88 bits per heavy atom. The number of hydrogen-bond donors (Lipinski definition) is 1. The van der Waals surface area contributed by atoms with Gasteiger partial charge in [0.1, 0.15) is 0 Å². The van der Waals surface area contributed by atoms with Gasteiger partial charge in [-0.05, 0) is 30.2 Å². The highest BCUT2D eigenvalue weighted by Crippen LogP contribution is 2.32. The number of aromatic amines is 1. The number of aromatic nitrogens is 4. The van der Waals surface area contributed by atoms with E-state index in [0.717, 1.165) is 42.2 Å². The van der Waals surface area contributed by atoms with Crippen LogP contribution in [-0.4, -0.2) is 37.7 Å². The fraction of sp³-hybridized carbons (Fsp3) is 0.333. The summed E-state index contributed by atoms with van der Waals surface area (Å²) in [6.45, 7) is 1.60. The van der Waals surface area contributed by atoms with Gasteiger partial charge in [0.2, 0.25) is 0 Å². The van der Waals surface area contributed by atoms with E-state index in [1.807, 2.05) is 17.8 Å². The molecule has 0 amide bonds. The maximum Gasteiger partial charge on any atom is 0.159 e. The first-order valence-electron chi connectivity index (χ1n) is 8.31. The quantitative estimate of drug-likeness (QED) is 0.792. The molecule has 0 fully saturated rings. The summed E-state index contributed by atoms with van der Waals surface area (Å²) in [6, 6.07) is 6.11. The number of nitrogens with zero attached hydrogens (tertiary/aromatic N) is 4. The molecule has 1 aliphatic heterocycles. The molecule has 0 radical (unpaired) electrons. The summed E-state index contributed by atoms with van der Waals surface area (Å²) in [5.74, 6) is -1.61. The standard InChI is InChI=1S/C18H19F2N5/c1-24-16(4-7-23-24)18-17-15(21-11-22-17)6-9-25(18)8-5-12-2-3-13(19)14(20)10-12/h2-4,7,10-11,18H,5-6,8-9H2,1H3,(H,21,22). The zero-order valence-corrected chi connectivity index (χ0v) is 13.9. The lowest BCUT2D eigenvalue weighted by molar-refractivity contribution is 0.204. The van der Waals surface area contributed by atoms with Crippen LogP contribution < -0.4 is 0 Å². The first kappa shape index (κ1) is 16.0. The Morgan fingerprint density at radius 2 is 2.12 bits per heavy atom. The number of nitrogens with one attached hydrogen (secondary N) is 1. The van der Waals surface area contributed by atoms with Gasteiger partial charge in [0.25, 0.3) is 0 Å². The van der Waals surface area contributed by atoms with Gasteiger partial charge in [-0.3, -0.25) is 9.58 Å². The molecule has 0 aliphatic carbocycles. The van der Waals surface area contributed by atoms with Gasteiger partial charge in [0.05, 0.1) is 23.8 Å². The van der Waals surface area contributed by atoms with E-state index in [1.165, 1.54) is 12.1 Å². The lowest BCUT2D eigenvalue weighted by Crippen LogP contribution is -2.38. The summed E-state index contributed by atoms with van der Waals surface area (Å²) in [6.07, 6.45) is 5.05. The predicted molar refractivity (Wildman–Crippen MR) is 89.0 cm³/mol. The molecular formula is C18H19F2N5. The molecule has 0 saturated carbocycles. The molecule has 25 heavy (non-hydrogen) atoms. The summed E-state index contributed by atoms with van der Waals surface area (Å²) in [7, 11) is 1.92. The molecule has 7 heteroatoms. The normalized spacial score (nSPS) is 17.6. The van der Waals surface area contributed by atoms with Gasteiger partial charge in [-0.2, -0.15) is 5.10 Å². The SMILES string of the molecule is Cn1nccc1C1c2nc[nH]c2CCN1CCc1ccc(F)c(F)c1. The lowest BCUT2D eigenvalue weighted by Gasteiger charge is -2.35. The van der Waals surface area contributed by atoms with E-state index in [4.69, 9.17) is 0 Å². The van der Waals surface area contributed by atoms with Gasteiger partial charge >= 0.3 is 0 Å². The molecule has 0 spiro atoms. The number of aryl methyl sites for hydroxylation is 1. The molecule has 5 nitrogen and oxygen atoms in total. The highest BCUT2D eigenvalue weighted by molar-refractivity contribution is 5.29. The molecule has 130 valence electrons. The number of imidazole rings is 1. The van der Waals surface area contributed by atoms with Gasteiger partial charge in [0.15, 0.2) is 11.6 Å². The molecule has 0 saturated heterocycles. The molecule has 1 aliphatic rings. The van der Waals surface area contributed by atoms with Crippen LogP contribution in [0.4, 0.5) is 8.78 Å². The van der Waals surface area contributed by atoms with Crippen LogP contribution in [0.3, 0.4) is 0 Å². The van der Waals surface area contributed by atoms with Gasteiger partial charge in [-0.1, -0.05) is 6.07 Å². The Hall–Kier alpha value is -2.54. The third-order valence-corrected chi connectivity index (χ3v) is 4.84. The number of hydrogen-bond acceptors (Lipinski definition) is 3. The zero-order chi connectivity index (χ0) is 17.4. The molecule has 4 rings (SSSR count). The van der Waals surface area contributed by atoms with Crippen molar-refractivity contribution in [2.75, 3.05) is 13.1 Å². The molecule has 1 unspecified atom stereocenters. The monoisotopic (exact) mass is 343 g/mol. The zero-order valence-electron chi connectivity index (χ0n) is 13.9. The number of halogens is 2. The highest BCUT2D eigenvalue weighted by Gasteiger charge is 2.32. The van der Waals surface area contributed by atoms with Crippen molar-refractivity contribution in [1.29, 1.82) is 0 Å². The lowest BCUT2D eigenvalue weighted by atomic mass is 9.99. The van der Waals surface area contributed by atoms with Gasteiger partial charge in [-0.25, -0.2) is 13.8 Å². The average molecular weight is 343 g/mol. The minimum absolute atomic E-state index is 0.00722. The van der Waals surface area contributed by atoms with Gasteiger partial charge in [-0.15, -0.1) is 0 Å². The first-order chi connectivity index (χ1) is 12.1. The van der Waals surface area contributed by atoms with Crippen LogP contribution in [-0.2, 0) is 19.9 Å². The molecule has 1 aromatic carbocycles. The van der Waals surface area contributed by atoms with Crippen molar-refractivity contribution in [3.05, 3.63) is 71.1 Å². The summed E-state index contributed by atoms with van der Waals surface area (Å²) < 4.78 is 28.4. The molecule has 3 aromatic rings. The fourth-order valence-electron chi connectivity index (χ4n) is 3.51. The Kier molecular flexibility index (Phi) is 4.09. The van der Waals surface area contributed by atoms with Crippen molar-refractivity contribution >= 4 is 0 Å². The molecule has 1 N–H and O–H groups in total. The van der Waals surface area contributed by atoms with E-state index >= 15 is 0 Å². The Labute approximate surface area is 144 Å². The van der Waals surface area contributed by atoms with Crippen LogP contribution >= 0.6 is 0 Å². The molecule has 0 bridgehead atoms. The van der Waals surface area contributed by atoms with Crippen LogP contribution in [0.2, 0.25) is 0 Å². The maximum atomic E-state index is 13.4. The first-order valence-corrected chi connectivity index (χ1v) is 8.31. The Balaban J connectivity index is 1.59. The van der Waals surface area contributed by atoms with Crippen molar-refractivity contribution in [3.8, 4) is 0 Å². The van der Waals surface area contributed by atoms with Crippen molar-refractivity contribution in [3.63, 3.8) is 0 Å². The Morgan fingerprint density at radius 1 is 1.24 bits per heavy atom. The summed E-state index contributed by atoms with van der Waals surface area (Å²) >= 11 is 0. The van der Waals surface area contributed by atoms with E-state index in [1.54, 1.807) is 18.6 Å². The minimum atomic E-state index is -0.810. The second-order valence-corrected chi connectivity index (χ2v) is 6.33. The average Bonchev–Trinajstić information content (AvgIpc) is 3.24. The van der Waals surface area contributed by atoms with Crippen molar-refractivity contribution in [2.24, 2.45) is 7.05 Å². The van der Waals surface area contributed by atoms with E-state index in [2.05, 4.69) is 20.0 Å². The smallest absolute Gasteiger partial charge is 0.159 e. The molecule has 3 heterocycles. The highest BCUT2D eigenvalue weighted by atomic mass is 19.2. The number of benzene rings is 1. The van der Waals surface area contributed by atoms with Gasteiger partial charge in [0, 0.05) is 38.4 Å². The Bertz CT molecular complexity index is 885. The van der Waals surface area contributed by atoms with Crippen molar-refractivity contribution in [2.45, 2.75) is 18.9 Å². The number of rotatable bonds is 4. The van der Waals surface area contributed by atoms with Crippen LogP contribution in [0.25, 0.3) is 0 Å². The molecule has 1 atom stereocenters. The predicted octanol–water partition coefficient (Wildman–Crippen LogP) is 2.61. The van der Waals surface area contributed by atoms with E-state index in [-0.39, 0.29) is 6.04 Å². The van der Waals surface area contributed by atoms with E-state index in [0.29, 0.717) is 6.42 Å². The van der Waals surface area contributed by atoms with E-state index < -0.39 is 11.6 Å². The fourth-order valence-corrected chi connectivity index (χ4v) is 3.51. The summed E-state index contributed by atoms with van der Waals surface area (Å²) in [5.41, 5.74) is 4.02. The van der Waals surface area contributed by atoms with E-state index in [9.17, 15) is 8.78 Å². The maximum absolute atomic E-state index is 13.4. The topological polar surface area (TPSA) is 49.7 Å². The second-order valence-electron chi connectivity index (χ2n) is 6.33. The minimum Gasteiger partial charge on any atom is -0.348 e. The van der Waals surface area contributed by atoms with Crippen LogP contribution in [0.5, 0.6) is 0 Å². The molecule has 2 aromatic heterocycles. The van der Waals surface area contributed by atoms with Gasteiger partial charge < -0.3 is 4.98 Å². The summed E-state index contributed by atoms with van der Waals surface area (Å²) in [4.78, 5) is 10.1. The third-order valence-electron chi connectivity index (χ3n) is 4.84. The van der Waals surface area contributed by atoms with Crippen molar-refractivity contribution < 1.29 is 8.78 Å². The van der Waals surface area contributed by atoms with Crippen LogP contribution in [0, 0.1) is 11.6 Å². The second kappa shape index (κ2) is 6.40. The largest absolute Gasteiger partial charge is 0.348 e. The van der Waals surface area contributed by atoms with Crippen molar-refractivity contribution in [1.82, 2.24) is 24.6 Å². The van der Waals surface area contributed by atoms with Crippen LogP contribution in [0.1, 0.15) is 28.7 Å². The third kappa shape index (κ3) is 2.95. The number of fused-ring (bicyclic) bond motifs is 1. The van der Waals surface area contributed by atoms with Crippen LogP contribution in [0.15, 0.2) is 36.8 Å². The summed E-state index contributed by atoms with van der Waals surface area (Å²) in [5, 5.41) is 4.28.